The molecule has 2 N–H and O–H groups in total. The monoisotopic (exact) mass is 574 g/mol. The molecule has 4 aromatic carbocycles. The number of benzene rings is 4. The summed E-state index contributed by atoms with van der Waals surface area (Å²) in [5, 5.41) is 0. The largest absolute Gasteiger partial charge is 0.315 e. The number of hydrogen-bond acceptors (Lipinski definition) is 0. The van der Waals surface area contributed by atoms with Crippen molar-refractivity contribution in [2.75, 3.05) is 39.3 Å². The van der Waals surface area contributed by atoms with Crippen LogP contribution in [-0.4, -0.2) is 39.3 Å². The van der Waals surface area contributed by atoms with Gasteiger partial charge >= 0.3 is 0 Å². The molecule has 0 aliphatic rings. The fourth-order valence-electron chi connectivity index (χ4n) is 4.75. The highest BCUT2D eigenvalue weighted by Crippen LogP contribution is 1.98. The quantitative estimate of drug-likeness (QED) is 0.193. The molecule has 0 unspecified atom stereocenters. The van der Waals surface area contributed by atoms with Gasteiger partial charge in [0, 0.05) is 22.3 Å². The predicted molar refractivity (Wildman–Crippen MR) is 183 cm³/mol. The molecule has 2 nitrogen and oxygen atoms in total. The third-order valence-corrected chi connectivity index (χ3v) is 7.19. The molecule has 218 valence electrons. The molecule has 0 fully saturated rings. The number of quaternary nitrogens is 2. The van der Waals surface area contributed by atoms with Crippen LogP contribution in [0.3, 0.4) is 0 Å². The van der Waals surface area contributed by atoms with Gasteiger partial charge in [0.25, 0.3) is 0 Å². The normalized spacial score (nSPS) is 9.95. The summed E-state index contributed by atoms with van der Waals surface area (Å²) in [6.45, 7) is 5.36. The topological polar surface area (TPSA) is 8.88 Å². The summed E-state index contributed by atoms with van der Waals surface area (Å²) < 4.78 is 0. The summed E-state index contributed by atoms with van der Waals surface area (Å²) in [6, 6.07) is 40.9. The van der Waals surface area contributed by atoms with Gasteiger partial charge < -0.3 is 9.80 Å². The molecule has 4 aromatic rings. The first-order valence-electron chi connectivity index (χ1n) is 15.7. The van der Waals surface area contributed by atoms with Gasteiger partial charge in [-0.15, -0.1) is 0 Å². The minimum Gasteiger partial charge on any atom is -0.315 e. The smallest absolute Gasteiger partial charge is 0.140 e. The Labute approximate surface area is 265 Å². The standard InChI is InChI=1S/C42H40N2/c1(15-33-43(35-17-29-39-21-7-3-8-22-39)36-18-30-40-23-9-4-10-24-40)2-16-34-44(37-19-31-41-25-11-5-12-26-41)38-20-32-42-27-13-6-14-28-42/h3-14,21-28H,1-2,15-16,33-38H2/p+2. The van der Waals surface area contributed by atoms with Gasteiger partial charge in [0.1, 0.15) is 26.2 Å². The van der Waals surface area contributed by atoms with Gasteiger partial charge in [-0.3, -0.25) is 0 Å². The number of nitrogens with one attached hydrogen (secondary N) is 2. The van der Waals surface area contributed by atoms with Crippen molar-refractivity contribution in [1.29, 1.82) is 0 Å². The summed E-state index contributed by atoms with van der Waals surface area (Å²) in [4.78, 5) is 2.85. The van der Waals surface area contributed by atoms with Crippen LogP contribution in [0.15, 0.2) is 121 Å². The third kappa shape index (κ3) is 13.3. The van der Waals surface area contributed by atoms with Gasteiger partial charge in [0.15, 0.2) is 0 Å². The van der Waals surface area contributed by atoms with E-state index in [1.165, 1.54) is 35.5 Å². The summed E-state index contributed by atoms with van der Waals surface area (Å²) in [5.41, 5.74) is 4.26. The van der Waals surface area contributed by atoms with Crippen LogP contribution in [0.4, 0.5) is 0 Å². The van der Waals surface area contributed by atoms with Crippen LogP contribution < -0.4 is 9.80 Å². The van der Waals surface area contributed by atoms with E-state index < -0.39 is 0 Å². The lowest BCUT2D eigenvalue weighted by Gasteiger charge is -2.15. The highest BCUT2D eigenvalue weighted by Gasteiger charge is 2.07. The SMILES string of the molecule is C(#Cc1ccccc1)C[NH+](CC#Cc1ccccc1)CCCCCC[NH+](CC#Cc1ccccc1)CC#Cc1ccccc1. The van der Waals surface area contributed by atoms with Crippen molar-refractivity contribution in [3.63, 3.8) is 0 Å². The Kier molecular flexibility index (Phi) is 14.6. The molecular weight excluding hydrogens is 532 g/mol. The van der Waals surface area contributed by atoms with Crippen molar-refractivity contribution in [3.8, 4) is 47.4 Å². The number of unbranched alkanes of at least 4 members (excludes halogenated alkanes) is 3. The number of rotatable bonds is 11. The van der Waals surface area contributed by atoms with Crippen LogP contribution in [-0.2, 0) is 0 Å². The summed E-state index contributed by atoms with van der Waals surface area (Å²) >= 11 is 0. The van der Waals surface area contributed by atoms with Crippen molar-refractivity contribution < 1.29 is 9.80 Å². The molecule has 0 aromatic heterocycles. The van der Waals surface area contributed by atoms with Gasteiger partial charge in [-0.05, 0) is 97.9 Å². The van der Waals surface area contributed by atoms with E-state index in [9.17, 15) is 0 Å². The van der Waals surface area contributed by atoms with Gasteiger partial charge in [-0.1, -0.05) is 96.5 Å². The highest BCUT2D eigenvalue weighted by atomic mass is 15.1. The first-order chi connectivity index (χ1) is 21.8. The van der Waals surface area contributed by atoms with Crippen molar-refractivity contribution in [2.24, 2.45) is 0 Å². The predicted octanol–water partition coefficient (Wildman–Crippen LogP) is 4.52. The second-order valence-electron chi connectivity index (χ2n) is 10.8. The molecule has 0 atom stereocenters. The van der Waals surface area contributed by atoms with E-state index in [2.05, 4.69) is 95.9 Å². The Balaban J connectivity index is 1.25. The third-order valence-electron chi connectivity index (χ3n) is 7.19. The van der Waals surface area contributed by atoms with Crippen molar-refractivity contribution in [2.45, 2.75) is 25.7 Å². The first kappa shape index (κ1) is 32.0. The lowest BCUT2D eigenvalue weighted by molar-refractivity contribution is -0.886. The van der Waals surface area contributed by atoms with Gasteiger partial charge in [0.05, 0.1) is 13.1 Å². The molecule has 0 heterocycles. The number of hydrogen-bond donors (Lipinski definition) is 2. The minimum atomic E-state index is 0.802. The fraction of sp³-hybridized carbons (Fsp3) is 0.238. The van der Waals surface area contributed by atoms with E-state index in [0.29, 0.717) is 0 Å². The summed E-state index contributed by atoms with van der Waals surface area (Å²) in [6.07, 6.45) is 4.76. The molecule has 0 bridgehead atoms. The summed E-state index contributed by atoms with van der Waals surface area (Å²) in [7, 11) is 0. The van der Waals surface area contributed by atoms with Gasteiger partial charge in [-0.25, -0.2) is 0 Å². The van der Waals surface area contributed by atoms with Crippen molar-refractivity contribution in [1.82, 2.24) is 0 Å². The van der Waals surface area contributed by atoms with E-state index in [0.717, 1.165) is 61.5 Å². The highest BCUT2D eigenvalue weighted by molar-refractivity contribution is 5.36. The maximum atomic E-state index is 3.40. The Hall–Kier alpha value is -4.96. The van der Waals surface area contributed by atoms with Crippen LogP contribution in [0.1, 0.15) is 47.9 Å². The lowest BCUT2D eigenvalue weighted by Crippen LogP contribution is -3.12. The van der Waals surface area contributed by atoms with Gasteiger partial charge in [-0.2, -0.15) is 0 Å². The van der Waals surface area contributed by atoms with Crippen LogP contribution in [0.2, 0.25) is 0 Å². The molecule has 44 heavy (non-hydrogen) atoms. The maximum absolute atomic E-state index is 3.40. The molecule has 4 rings (SSSR count). The molecule has 0 saturated carbocycles. The zero-order chi connectivity index (χ0) is 30.3. The molecule has 0 saturated heterocycles. The average Bonchev–Trinajstić information content (AvgIpc) is 3.07. The van der Waals surface area contributed by atoms with Gasteiger partial charge in [0.2, 0.25) is 0 Å². The van der Waals surface area contributed by atoms with E-state index in [-0.39, 0.29) is 0 Å². The molecule has 0 amide bonds. The zero-order valence-electron chi connectivity index (χ0n) is 25.6. The Morgan fingerprint density at radius 1 is 0.318 bits per heavy atom. The van der Waals surface area contributed by atoms with Crippen LogP contribution in [0.25, 0.3) is 0 Å². The minimum absolute atomic E-state index is 0.802. The Bertz CT molecular complexity index is 1370. The zero-order valence-corrected chi connectivity index (χ0v) is 25.6. The molecule has 0 aliphatic heterocycles. The Morgan fingerprint density at radius 3 is 0.818 bits per heavy atom. The van der Waals surface area contributed by atoms with E-state index in [1.54, 1.807) is 0 Å². The van der Waals surface area contributed by atoms with Crippen molar-refractivity contribution in [3.05, 3.63) is 144 Å². The second kappa shape index (κ2) is 20.0. The van der Waals surface area contributed by atoms with E-state index in [4.69, 9.17) is 0 Å². The van der Waals surface area contributed by atoms with Crippen LogP contribution >= 0.6 is 0 Å². The van der Waals surface area contributed by atoms with E-state index in [1.807, 2.05) is 72.8 Å². The maximum Gasteiger partial charge on any atom is 0.140 e. The average molecular weight is 575 g/mol. The first-order valence-corrected chi connectivity index (χ1v) is 15.7. The second-order valence-corrected chi connectivity index (χ2v) is 10.8. The van der Waals surface area contributed by atoms with Crippen LogP contribution in [0.5, 0.6) is 0 Å². The Morgan fingerprint density at radius 2 is 0.568 bits per heavy atom. The molecule has 0 aliphatic carbocycles. The molecule has 0 radical (unpaired) electrons. The van der Waals surface area contributed by atoms with Crippen molar-refractivity contribution >= 4 is 0 Å². The van der Waals surface area contributed by atoms with E-state index >= 15 is 0 Å². The molecule has 0 spiro atoms. The molecule has 2 heteroatoms. The summed E-state index contributed by atoms with van der Waals surface area (Å²) in [5.74, 6) is 26.9. The fourth-order valence-corrected chi connectivity index (χ4v) is 4.75. The molecular formula is C42H42N2+2. The lowest BCUT2D eigenvalue weighted by atomic mass is 10.1. The van der Waals surface area contributed by atoms with Crippen LogP contribution in [0, 0.1) is 47.4 Å².